The monoisotopic (exact) mass is 437 g/mol. The van der Waals surface area contributed by atoms with Gasteiger partial charge in [0.2, 0.25) is 5.91 Å². The number of piperidine rings is 1. The van der Waals surface area contributed by atoms with Gasteiger partial charge in [-0.15, -0.1) is 24.8 Å². The molecule has 1 aliphatic heterocycles. The molecule has 0 radical (unpaired) electrons. The van der Waals surface area contributed by atoms with Crippen LogP contribution in [0.1, 0.15) is 37.3 Å². The second-order valence-corrected chi connectivity index (χ2v) is 7.69. The number of nitrogens with two attached hydrogens (primary N) is 1. The summed E-state index contributed by atoms with van der Waals surface area (Å²) < 4.78 is 0. The highest BCUT2D eigenvalue weighted by atomic mass is 35.5. The number of para-hydroxylation sites is 1. The number of halogens is 2. The van der Waals surface area contributed by atoms with Gasteiger partial charge in [0.15, 0.2) is 0 Å². The molecule has 0 bridgehead atoms. The number of hydrogen-bond donors (Lipinski definition) is 1. The van der Waals surface area contributed by atoms with Gasteiger partial charge in [-0.2, -0.15) is 0 Å². The number of anilines is 1. The summed E-state index contributed by atoms with van der Waals surface area (Å²) in [5, 5.41) is 0. The zero-order chi connectivity index (χ0) is 19.2. The van der Waals surface area contributed by atoms with Gasteiger partial charge >= 0.3 is 0 Å². The molecule has 1 amide bonds. The second kappa shape index (κ2) is 12.1. The Morgan fingerprint density at radius 1 is 1.10 bits per heavy atom. The average molecular weight is 438 g/mol. The van der Waals surface area contributed by atoms with Crippen molar-refractivity contribution >= 4 is 36.4 Å². The van der Waals surface area contributed by atoms with E-state index in [0.29, 0.717) is 24.9 Å². The van der Waals surface area contributed by atoms with E-state index in [1.165, 1.54) is 5.56 Å². The third-order valence-corrected chi connectivity index (χ3v) is 5.82. The van der Waals surface area contributed by atoms with Crippen molar-refractivity contribution in [1.29, 1.82) is 0 Å². The van der Waals surface area contributed by atoms with Crippen LogP contribution in [0, 0.1) is 0 Å². The molecule has 3 rings (SSSR count). The van der Waals surface area contributed by atoms with Gasteiger partial charge < -0.3 is 10.6 Å². The van der Waals surface area contributed by atoms with Crippen LogP contribution in [0.2, 0.25) is 0 Å². The average Bonchev–Trinajstić information content (AvgIpc) is 2.69. The lowest BCUT2D eigenvalue weighted by Crippen LogP contribution is -2.49. The predicted molar refractivity (Wildman–Crippen MR) is 126 cm³/mol. The molecule has 6 heteroatoms. The van der Waals surface area contributed by atoms with E-state index in [1.807, 2.05) is 36.2 Å². The molecular weight excluding hydrogens is 405 g/mol. The summed E-state index contributed by atoms with van der Waals surface area (Å²) in [5.74, 6) is 0.215. The fourth-order valence-electron chi connectivity index (χ4n) is 3.98. The topological polar surface area (TPSA) is 49.6 Å². The highest BCUT2D eigenvalue weighted by Crippen LogP contribution is 2.24. The minimum atomic E-state index is 0. The number of carbonyl (C=O) groups excluding carboxylic acids is 1. The number of nitrogen functional groups attached to an aromatic ring is 1. The van der Waals surface area contributed by atoms with E-state index in [9.17, 15) is 4.79 Å². The van der Waals surface area contributed by atoms with Crippen molar-refractivity contribution in [2.24, 2.45) is 0 Å². The molecule has 1 saturated heterocycles. The number of benzene rings is 2. The fourth-order valence-corrected chi connectivity index (χ4v) is 3.98. The van der Waals surface area contributed by atoms with Gasteiger partial charge in [0, 0.05) is 44.3 Å². The van der Waals surface area contributed by atoms with Crippen molar-refractivity contribution in [3.8, 4) is 0 Å². The van der Waals surface area contributed by atoms with Gasteiger partial charge in [-0.25, -0.2) is 0 Å². The van der Waals surface area contributed by atoms with E-state index in [-0.39, 0.29) is 30.7 Å². The summed E-state index contributed by atoms with van der Waals surface area (Å²) >= 11 is 0. The van der Waals surface area contributed by atoms with Gasteiger partial charge in [0.05, 0.1) is 0 Å². The van der Waals surface area contributed by atoms with Crippen molar-refractivity contribution in [2.75, 3.05) is 19.3 Å². The van der Waals surface area contributed by atoms with E-state index in [0.717, 1.165) is 37.2 Å². The van der Waals surface area contributed by atoms with E-state index >= 15 is 0 Å². The molecule has 29 heavy (non-hydrogen) atoms. The van der Waals surface area contributed by atoms with Crippen LogP contribution < -0.4 is 5.73 Å². The van der Waals surface area contributed by atoms with Crippen molar-refractivity contribution in [3.05, 3.63) is 65.7 Å². The molecule has 1 heterocycles. The minimum absolute atomic E-state index is 0. The van der Waals surface area contributed by atoms with Crippen molar-refractivity contribution in [3.63, 3.8) is 0 Å². The summed E-state index contributed by atoms with van der Waals surface area (Å²) in [6, 6.07) is 19.2. The minimum Gasteiger partial charge on any atom is -0.399 e. The Balaban J connectivity index is 0.00000210. The fraction of sp³-hybridized carbons (Fsp3) is 0.435. The molecule has 2 aromatic rings. The largest absolute Gasteiger partial charge is 0.399 e. The Hall–Kier alpha value is -1.75. The third-order valence-electron chi connectivity index (χ3n) is 5.82. The summed E-state index contributed by atoms with van der Waals surface area (Å²) in [4.78, 5) is 17.2. The summed E-state index contributed by atoms with van der Waals surface area (Å²) in [7, 11) is 1.96. The quantitative estimate of drug-likeness (QED) is 0.673. The molecule has 0 spiro atoms. The zero-order valence-electron chi connectivity index (χ0n) is 17.3. The lowest BCUT2D eigenvalue weighted by Gasteiger charge is -2.41. The van der Waals surface area contributed by atoms with E-state index < -0.39 is 0 Å². The molecule has 160 valence electrons. The Morgan fingerprint density at radius 2 is 1.76 bits per heavy atom. The van der Waals surface area contributed by atoms with E-state index in [4.69, 9.17) is 5.73 Å². The Morgan fingerprint density at radius 3 is 2.41 bits per heavy atom. The van der Waals surface area contributed by atoms with Crippen LogP contribution in [0.25, 0.3) is 0 Å². The maximum atomic E-state index is 12.7. The first kappa shape index (κ1) is 25.3. The first-order valence-corrected chi connectivity index (χ1v) is 9.91. The lowest BCUT2D eigenvalue weighted by atomic mass is 9.96. The molecule has 0 aromatic heterocycles. The number of hydrogen-bond acceptors (Lipinski definition) is 3. The van der Waals surface area contributed by atoms with Gasteiger partial charge in [-0.3, -0.25) is 9.69 Å². The Bertz CT molecular complexity index is 757. The molecule has 2 aromatic carbocycles. The van der Waals surface area contributed by atoms with Crippen LogP contribution in [-0.4, -0.2) is 41.4 Å². The smallest absolute Gasteiger partial charge is 0.222 e. The van der Waals surface area contributed by atoms with E-state index in [1.54, 1.807) is 0 Å². The number of amides is 1. The predicted octanol–water partition coefficient (Wildman–Crippen LogP) is 4.56. The summed E-state index contributed by atoms with van der Waals surface area (Å²) in [5.41, 5.74) is 9.18. The highest BCUT2D eigenvalue weighted by molar-refractivity contribution is 5.85. The lowest BCUT2D eigenvalue weighted by molar-refractivity contribution is -0.133. The Kier molecular flexibility index (Phi) is 10.5. The first-order chi connectivity index (χ1) is 13.0. The van der Waals surface area contributed by atoms with Crippen LogP contribution >= 0.6 is 24.8 Å². The van der Waals surface area contributed by atoms with Gasteiger partial charge in [0.25, 0.3) is 0 Å². The van der Waals surface area contributed by atoms with Crippen molar-refractivity contribution < 1.29 is 4.79 Å². The van der Waals surface area contributed by atoms with Gasteiger partial charge in [0.1, 0.15) is 0 Å². The number of likely N-dealkylation sites (tertiary alicyclic amines) is 1. The van der Waals surface area contributed by atoms with Crippen LogP contribution in [0.15, 0.2) is 54.6 Å². The maximum Gasteiger partial charge on any atom is 0.222 e. The van der Waals surface area contributed by atoms with E-state index in [2.05, 4.69) is 42.2 Å². The van der Waals surface area contributed by atoms with Gasteiger partial charge in [-0.05, 0) is 43.4 Å². The second-order valence-electron chi connectivity index (χ2n) is 7.69. The molecular formula is C23H33Cl2N3O. The first-order valence-electron chi connectivity index (χ1n) is 9.91. The maximum absolute atomic E-state index is 12.7. The number of nitrogens with zero attached hydrogens (tertiary/aromatic N) is 2. The van der Waals surface area contributed by atoms with Crippen LogP contribution in [0.3, 0.4) is 0 Å². The van der Waals surface area contributed by atoms with Crippen LogP contribution in [0.4, 0.5) is 5.69 Å². The van der Waals surface area contributed by atoms with Crippen molar-refractivity contribution in [1.82, 2.24) is 9.80 Å². The molecule has 0 saturated carbocycles. The zero-order valence-corrected chi connectivity index (χ0v) is 18.9. The summed E-state index contributed by atoms with van der Waals surface area (Å²) in [6.07, 6.45) is 3.29. The molecule has 0 aliphatic carbocycles. The molecule has 2 unspecified atom stereocenters. The highest BCUT2D eigenvalue weighted by Gasteiger charge is 2.29. The summed E-state index contributed by atoms with van der Waals surface area (Å²) in [6.45, 7) is 4.29. The standard InChI is InChI=1S/C23H31N3O.2ClH/c1-18-16-21(14-15-26(18)17-19-8-4-3-5-9-19)25(2)23(27)13-12-20-10-6-7-11-22(20)24;;/h3-11,18,21H,12-17,24H2,1-2H3;2*1H. The number of carbonyl (C=O) groups is 1. The molecule has 2 atom stereocenters. The van der Waals surface area contributed by atoms with Crippen LogP contribution in [0.5, 0.6) is 0 Å². The Labute approximate surface area is 187 Å². The molecule has 1 fully saturated rings. The number of aryl methyl sites for hydroxylation is 1. The molecule has 2 N–H and O–H groups in total. The third kappa shape index (κ3) is 6.91. The SMILES string of the molecule is CC1CC(N(C)C(=O)CCc2ccccc2N)CCN1Cc1ccccc1.Cl.Cl. The van der Waals surface area contributed by atoms with Crippen LogP contribution in [-0.2, 0) is 17.8 Å². The molecule has 4 nitrogen and oxygen atoms in total. The number of rotatable bonds is 6. The normalized spacial score (nSPS) is 19.0. The van der Waals surface area contributed by atoms with Crippen molar-refractivity contribution in [2.45, 2.75) is 51.2 Å². The molecule has 1 aliphatic rings. The van der Waals surface area contributed by atoms with Gasteiger partial charge in [-0.1, -0.05) is 48.5 Å².